The number of carbonyl (C=O) groups is 1. The zero-order chi connectivity index (χ0) is 13.7. The van der Waals surface area contributed by atoms with Gasteiger partial charge in [-0.15, -0.1) is 0 Å². The van der Waals surface area contributed by atoms with Crippen molar-refractivity contribution in [3.8, 4) is 5.75 Å². The quantitative estimate of drug-likeness (QED) is 0.666. The van der Waals surface area contributed by atoms with Crippen molar-refractivity contribution in [2.24, 2.45) is 5.10 Å². The first-order valence-corrected chi connectivity index (χ1v) is 5.76. The molecule has 0 saturated carbocycles. The van der Waals surface area contributed by atoms with Gasteiger partial charge in [0.25, 0.3) is 5.91 Å². The summed E-state index contributed by atoms with van der Waals surface area (Å²) in [5.41, 5.74) is 3.11. The molecule has 0 atom stereocenters. The fourth-order valence-electron chi connectivity index (χ4n) is 1.37. The van der Waals surface area contributed by atoms with Crippen LogP contribution in [0.4, 0.5) is 0 Å². The number of benzene rings is 1. The lowest BCUT2D eigenvalue weighted by molar-refractivity contribution is 0.0952. The van der Waals surface area contributed by atoms with E-state index in [1.807, 2.05) is 0 Å². The molecule has 1 amide bonds. The summed E-state index contributed by atoms with van der Waals surface area (Å²) in [4.78, 5) is 15.7. The molecule has 0 aliphatic heterocycles. The van der Waals surface area contributed by atoms with Gasteiger partial charge in [0.05, 0.1) is 11.8 Å². The second kappa shape index (κ2) is 5.97. The van der Waals surface area contributed by atoms with E-state index in [4.69, 9.17) is 11.6 Å². The normalized spacial score (nSPS) is 10.6. The first kappa shape index (κ1) is 13.0. The van der Waals surface area contributed by atoms with Crippen LogP contribution < -0.4 is 5.43 Å². The third-order valence-electron chi connectivity index (χ3n) is 2.27. The molecule has 0 unspecified atom stereocenters. The van der Waals surface area contributed by atoms with Crippen molar-refractivity contribution in [1.82, 2.24) is 10.4 Å². The Morgan fingerprint density at radius 2 is 2.26 bits per heavy atom. The summed E-state index contributed by atoms with van der Waals surface area (Å²) >= 11 is 5.75. The number of carbonyl (C=O) groups excluding carboxylic acids is 1. The molecule has 1 heterocycles. The molecule has 1 aromatic heterocycles. The molecule has 0 spiro atoms. The Hall–Kier alpha value is -2.40. The number of phenolic OH excluding ortho intramolecular Hbond substituents is 1. The van der Waals surface area contributed by atoms with E-state index in [1.54, 1.807) is 24.5 Å². The number of phenols is 1. The third kappa shape index (κ3) is 3.53. The minimum Gasteiger partial charge on any atom is -0.507 e. The van der Waals surface area contributed by atoms with Crippen LogP contribution in [-0.2, 0) is 0 Å². The van der Waals surface area contributed by atoms with Crippen LogP contribution in [0.3, 0.4) is 0 Å². The predicted molar refractivity (Wildman–Crippen MR) is 72.4 cm³/mol. The summed E-state index contributed by atoms with van der Waals surface area (Å²) in [5.74, 6) is -0.696. The number of hydrogen-bond acceptors (Lipinski definition) is 4. The van der Waals surface area contributed by atoms with Gasteiger partial charge in [-0.25, -0.2) is 5.43 Å². The van der Waals surface area contributed by atoms with Crippen LogP contribution in [0.15, 0.2) is 47.8 Å². The molecule has 2 aromatic rings. The Morgan fingerprint density at radius 1 is 1.42 bits per heavy atom. The zero-order valence-electron chi connectivity index (χ0n) is 9.75. The molecule has 0 aliphatic rings. The highest BCUT2D eigenvalue weighted by atomic mass is 35.5. The molecule has 0 bridgehead atoms. The molecular formula is C13H10ClN3O2. The minimum atomic E-state index is -0.542. The summed E-state index contributed by atoms with van der Waals surface area (Å²) in [6, 6.07) is 7.76. The number of rotatable bonds is 3. The van der Waals surface area contributed by atoms with Crippen molar-refractivity contribution >= 4 is 23.7 Å². The maximum Gasteiger partial charge on any atom is 0.275 e. The van der Waals surface area contributed by atoms with E-state index >= 15 is 0 Å². The van der Waals surface area contributed by atoms with Crippen molar-refractivity contribution in [3.05, 3.63) is 58.9 Å². The predicted octanol–water partition coefficient (Wildman–Crippen LogP) is 2.20. The first-order valence-electron chi connectivity index (χ1n) is 5.39. The lowest BCUT2D eigenvalue weighted by atomic mass is 10.2. The lowest BCUT2D eigenvalue weighted by Gasteiger charge is -2.03. The first-order chi connectivity index (χ1) is 9.16. The molecule has 2 N–H and O–H groups in total. The number of nitrogens with one attached hydrogen (secondary N) is 1. The van der Waals surface area contributed by atoms with Gasteiger partial charge in [0, 0.05) is 23.0 Å². The molecule has 2 rings (SSSR count). The Bertz CT molecular complexity index is 615. The fraction of sp³-hybridized carbons (Fsp3) is 0. The number of hydrogen-bond donors (Lipinski definition) is 2. The van der Waals surface area contributed by atoms with Crippen LogP contribution in [0.5, 0.6) is 5.75 Å². The van der Waals surface area contributed by atoms with Gasteiger partial charge >= 0.3 is 0 Å². The highest BCUT2D eigenvalue weighted by Crippen LogP contribution is 2.21. The monoisotopic (exact) mass is 275 g/mol. The van der Waals surface area contributed by atoms with E-state index in [0.29, 0.717) is 5.02 Å². The summed E-state index contributed by atoms with van der Waals surface area (Å²) < 4.78 is 0. The number of aromatic nitrogens is 1. The molecule has 0 radical (unpaired) electrons. The SMILES string of the molecule is O=C(NN=Cc1cccnc1)c1cc(Cl)ccc1O. The van der Waals surface area contributed by atoms with E-state index in [-0.39, 0.29) is 11.3 Å². The molecule has 5 nitrogen and oxygen atoms in total. The molecule has 19 heavy (non-hydrogen) atoms. The van der Waals surface area contributed by atoms with Crippen molar-refractivity contribution in [1.29, 1.82) is 0 Å². The molecule has 6 heteroatoms. The maximum absolute atomic E-state index is 11.7. The second-order valence-electron chi connectivity index (χ2n) is 3.65. The highest BCUT2D eigenvalue weighted by molar-refractivity contribution is 6.31. The number of nitrogens with zero attached hydrogens (tertiary/aromatic N) is 2. The fourth-order valence-corrected chi connectivity index (χ4v) is 1.54. The molecule has 0 saturated heterocycles. The Morgan fingerprint density at radius 3 is 3.00 bits per heavy atom. The van der Waals surface area contributed by atoms with Crippen LogP contribution >= 0.6 is 11.6 Å². The van der Waals surface area contributed by atoms with Gasteiger partial charge in [-0.1, -0.05) is 17.7 Å². The van der Waals surface area contributed by atoms with Crippen molar-refractivity contribution in [2.45, 2.75) is 0 Å². The van der Waals surface area contributed by atoms with Gasteiger partial charge in [0.2, 0.25) is 0 Å². The number of aromatic hydroxyl groups is 1. The number of hydrazone groups is 1. The molecule has 0 aliphatic carbocycles. The van der Waals surface area contributed by atoms with Gasteiger partial charge in [-0.05, 0) is 24.3 Å². The summed E-state index contributed by atoms with van der Waals surface area (Å²) in [7, 11) is 0. The largest absolute Gasteiger partial charge is 0.507 e. The van der Waals surface area contributed by atoms with Gasteiger partial charge in [0.1, 0.15) is 5.75 Å². The smallest absolute Gasteiger partial charge is 0.275 e. The van der Waals surface area contributed by atoms with E-state index in [9.17, 15) is 9.90 Å². The average molecular weight is 276 g/mol. The number of halogens is 1. The molecular weight excluding hydrogens is 266 g/mol. The van der Waals surface area contributed by atoms with Gasteiger partial charge in [-0.3, -0.25) is 9.78 Å². The van der Waals surface area contributed by atoms with Crippen molar-refractivity contribution in [3.63, 3.8) is 0 Å². The third-order valence-corrected chi connectivity index (χ3v) is 2.50. The standard InChI is InChI=1S/C13H10ClN3O2/c14-10-3-4-12(18)11(6-10)13(19)17-16-8-9-2-1-5-15-7-9/h1-8,18H,(H,17,19). The molecule has 1 aromatic carbocycles. The Labute approximate surface area is 114 Å². The van der Waals surface area contributed by atoms with Crippen molar-refractivity contribution in [2.75, 3.05) is 0 Å². The van der Waals surface area contributed by atoms with Crippen LogP contribution in [0.1, 0.15) is 15.9 Å². The number of amides is 1. The van der Waals surface area contributed by atoms with Gasteiger partial charge in [0.15, 0.2) is 0 Å². The summed E-state index contributed by atoms with van der Waals surface area (Å²) in [5, 5.41) is 13.7. The van der Waals surface area contributed by atoms with E-state index < -0.39 is 5.91 Å². The van der Waals surface area contributed by atoms with Gasteiger partial charge < -0.3 is 5.11 Å². The minimum absolute atomic E-state index is 0.0656. The Balaban J connectivity index is 2.06. The molecule has 0 fully saturated rings. The van der Waals surface area contributed by atoms with E-state index in [0.717, 1.165) is 5.56 Å². The highest BCUT2D eigenvalue weighted by Gasteiger charge is 2.10. The second-order valence-corrected chi connectivity index (χ2v) is 4.08. The average Bonchev–Trinajstić information content (AvgIpc) is 2.42. The number of pyridine rings is 1. The topological polar surface area (TPSA) is 74.6 Å². The van der Waals surface area contributed by atoms with Gasteiger partial charge in [-0.2, -0.15) is 5.10 Å². The lowest BCUT2D eigenvalue weighted by Crippen LogP contribution is -2.17. The van der Waals surface area contributed by atoms with E-state index in [1.165, 1.54) is 24.4 Å². The van der Waals surface area contributed by atoms with Crippen LogP contribution in [0.25, 0.3) is 0 Å². The van der Waals surface area contributed by atoms with Crippen LogP contribution in [0, 0.1) is 0 Å². The maximum atomic E-state index is 11.7. The summed E-state index contributed by atoms with van der Waals surface area (Å²) in [6.07, 6.45) is 4.69. The Kier molecular flexibility index (Phi) is 4.10. The van der Waals surface area contributed by atoms with Crippen LogP contribution in [0.2, 0.25) is 5.02 Å². The zero-order valence-corrected chi connectivity index (χ0v) is 10.5. The molecule has 96 valence electrons. The van der Waals surface area contributed by atoms with Crippen molar-refractivity contribution < 1.29 is 9.90 Å². The summed E-state index contributed by atoms with van der Waals surface area (Å²) in [6.45, 7) is 0. The van der Waals surface area contributed by atoms with Crippen LogP contribution in [-0.4, -0.2) is 22.2 Å². The van der Waals surface area contributed by atoms with E-state index in [2.05, 4.69) is 15.5 Å².